The van der Waals surface area contributed by atoms with Gasteiger partial charge in [-0.1, -0.05) is 0 Å². The Kier molecular flexibility index (Phi) is 3.46. The number of ether oxygens (including phenoxy) is 2. The van der Waals surface area contributed by atoms with E-state index in [-0.39, 0.29) is 11.1 Å². The normalized spacial score (nSPS) is 24.7. The van der Waals surface area contributed by atoms with Crippen molar-refractivity contribution in [3.63, 3.8) is 0 Å². The number of halogens is 2. The van der Waals surface area contributed by atoms with E-state index in [1.54, 1.807) is 13.0 Å². The molecule has 1 atom stereocenters. The zero-order valence-corrected chi connectivity index (χ0v) is 12.9. The van der Waals surface area contributed by atoms with E-state index in [1.807, 2.05) is 6.07 Å². The van der Waals surface area contributed by atoms with Crippen LogP contribution < -0.4 is 4.90 Å². The minimum Gasteiger partial charge on any atom is -0.378 e. The van der Waals surface area contributed by atoms with Crippen LogP contribution >= 0.6 is 0 Å². The zero-order valence-electron chi connectivity index (χ0n) is 12.9. The fourth-order valence-electron chi connectivity index (χ4n) is 3.48. The predicted molar refractivity (Wildman–Crippen MR) is 82.7 cm³/mol. The molecule has 122 valence electrons. The van der Waals surface area contributed by atoms with Gasteiger partial charge >= 0.3 is 0 Å². The number of fused-ring (bicyclic) bond motifs is 1. The number of hydrogen-bond acceptors (Lipinski definition) is 4. The molecule has 6 heteroatoms. The maximum atomic E-state index is 14.1. The summed E-state index contributed by atoms with van der Waals surface area (Å²) in [5.74, 6) is -1.76. The lowest BCUT2D eigenvalue weighted by Gasteiger charge is -2.41. The number of hydrogen-bond donors (Lipinski definition) is 0. The molecule has 1 aromatic carbocycles. The van der Waals surface area contributed by atoms with E-state index < -0.39 is 11.6 Å². The van der Waals surface area contributed by atoms with Crippen LogP contribution in [0, 0.1) is 18.6 Å². The van der Waals surface area contributed by atoms with Gasteiger partial charge in [0.15, 0.2) is 11.6 Å². The van der Waals surface area contributed by atoms with Gasteiger partial charge in [0.05, 0.1) is 13.2 Å². The first kappa shape index (κ1) is 14.8. The van der Waals surface area contributed by atoms with Crippen LogP contribution in [0.15, 0.2) is 18.2 Å². The number of nitrogens with zero attached hydrogens (tertiary/aromatic N) is 2. The van der Waals surface area contributed by atoms with Gasteiger partial charge in [-0.05, 0) is 25.1 Å². The van der Waals surface area contributed by atoms with E-state index in [9.17, 15) is 8.78 Å². The summed E-state index contributed by atoms with van der Waals surface area (Å²) in [5, 5.41) is 0.630. The van der Waals surface area contributed by atoms with E-state index in [4.69, 9.17) is 9.47 Å². The van der Waals surface area contributed by atoms with Crippen molar-refractivity contribution in [3.05, 3.63) is 35.5 Å². The van der Waals surface area contributed by atoms with Crippen LogP contribution in [0.2, 0.25) is 0 Å². The molecule has 2 aliphatic rings. The van der Waals surface area contributed by atoms with Gasteiger partial charge in [0.25, 0.3) is 0 Å². The lowest BCUT2D eigenvalue weighted by atomic mass is 9.99. The summed E-state index contributed by atoms with van der Waals surface area (Å²) >= 11 is 0. The summed E-state index contributed by atoms with van der Waals surface area (Å²) in [4.78, 5) is 6.36. The van der Waals surface area contributed by atoms with Crippen molar-refractivity contribution in [1.82, 2.24) is 4.98 Å². The fraction of sp³-hybridized carbons (Fsp3) is 0.471. The van der Waals surface area contributed by atoms with Crippen molar-refractivity contribution in [1.29, 1.82) is 0 Å². The van der Waals surface area contributed by atoms with Gasteiger partial charge in [-0.2, -0.15) is 0 Å². The summed E-state index contributed by atoms with van der Waals surface area (Å²) in [5.41, 5.74) is 1.34. The Hall–Kier alpha value is -1.79. The summed E-state index contributed by atoms with van der Waals surface area (Å²) in [6.45, 7) is 5.06. The van der Waals surface area contributed by atoms with Crippen molar-refractivity contribution in [2.24, 2.45) is 0 Å². The highest BCUT2D eigenvalue weighted by Crippen LogP contribution is 2.34. The second kappa shape index (κ2) is 5.39. The first-order valence-electron chi connectivity index (χ1n) is 7.80. The molecule has 1 aromatic heterocycles. The molecule has 0 bridgehead atoms. The molecule has 0 aliphatic carbocycles. The summed E-state index contributed by atoms with van der Waals surface area (Å²) in [7, 11) is 0. The Labute approximate surface area is 133 Å². The minimum atomic E-state index is -0.889. The standard InChI is InChI=1S/C17H18F2N2O2/c1-11-8-14(12-2-3-13(18)15(19)16(12)20-11)21-5-7-23-17(9-21)4-6-22-10-17/h2-3,8H,4-7,9-10H2,1H3/t17-/m1/s1. The summed E-state index contributed by atoms with van der Waals surface area (Å²) < 4.78 is 39.1. The minimum absolute atomic E-state index is 0.0863. The molecule has 2 fully saturated rings. The SMILES string of the molecule is Cc1cc(N2CCO[C@]3(CCOC3)C2)c2ccc(F)c(F)c2n1. The van der Waals surface area contributed by atoms with Crippen molar-refractivity contribution in [2.45, 2.75) is 18.9 Å². The van der Waals surface area contributed by atoms with Gasteiger partial charge in [0, 0.05) is 42.9 Å². The van der Waals surface area contributed by atoms with Crippen LogP contribution in [0.4, 0.5) is 14.5 Å². The maximum Gasteiger partial charge on any atom is 0.185 e. The number of morpholine rings is 1. The van der Waals surface area contributed by atoms with Gasteiger partial charge in [0.1, 0.15) is 11.1 Å². The molecule has 4 nitrogen and oxygen atoms in total. The molecule has 0 saturated carbocycles. The lowest BCUT2D eigenvalue weighted by molar-refractivity contribution is -0.0578. The number of pyridine rings is 1. The molecule has 2 aromatic rings. The topological polar surface area (TPSA) is 34.6 Å². The quantitative estimate of drug-likeness (QED) is 0.809. The lowest BCUT2D eigenvalue weighted by Crippen LogP contribution is -2.52. The van der Waals surface area contributed by atoms with Crippen LogP contribution in [0.1, 0.15) is 12.1 Å². The highest BCUT2D eigenvalue weighted by molar-refractivity contribution is 5.92. The third-order valence-electron chi connectivity index (χ3n) is 4.64. The predicted octanol–water partition coefficient (Wildman–Crippen LogP) is 2.82. The highest BCUT2D eigenvalue weighted by Gasteiger charge is 2.40. The molecule has 0 N–H and O–H groups in total. The Morgan fingerprint density at radius 1 is 1.26 bits per heavy atom. The molecular weight excluding hydrogens is 302 g/mol. The zero-order chi connectivity index (χ0) is 16.0. The van der Waals surface area contributed by atoms with E-state index >= 15 is 0 Å². The van der Waals surface area contributed by atoms with Crippen LogP contribution in [0.25, 0.3) is 10.9 Å². The van der Waals surface area contributed by atoms with Crippen LogP contribution in [0.3, 0.4) is 0 Å². The number of aryl methyl sites for hydroxylation is 1. The van der Waals surface area contributed by atoms with Gasteiger partial charge in [-0.25, -0.2) is 13.8 Å². The number of aromatic nitrogens is 1. The van der Waals surface area contributed by atoms with Crippen LogP contribution in [-0.2, 0) is 9.47 Å². The molecule has 0 unspecified atom stereocenters. The molecule has 3 heterocycles. The van der Waals surface area contributed by atoms with Crippen molar-refractivity contribution in [3.8, 4) is 0 Å². The van der Waals surface area contributed by atoms with Crippen molar-refractivity contribution in [2.75, 3.05) is 37.8 Å². The van der Waals surface area contributed by atoms with Gasteiger partial charge in [-0.3, -0.25) is 0 Å². The Morgan fingerprint density at radius 2 is 2.13 bits per heavy atom. The fourth-order valence-corrected chi connectivity index (χ4v) is 3.48. The molecule has 1 spiro atoms. The number of anilines is 1. The van der Waals surface area contributed by atoms with Crippen LogP contribution in [-0.4, -0.2) is 43.5 Å². The Balaban J connectivity index is 1.80. The summed E-state index contributed by atoms with van der Waals surface area (Å²) in [6.07, 6.45) is 0.856. The molecule has 4 rings (SSSR count). The van der Waals surface area contributed by atoms with Crippen LogP contribution in [0.5, 0.6) is 0 Å². The van der Waals surface area contributed by atoms with Gasteiger partial charge in [0.2, 0.25) is 0 Å². The molecule has 2 aliphatic heterocycles. The monoisotopic (exact) mass is 320 g/mol. The molecule has 23 heavy (non-hydrogen) atoms. The number of benzene rings is 1. The average Bonchev–Trinajstić information content (AvgIpc) is 2.98. The molecule has 0 amide bonds. The largest absolute Gasteiger partial charge is 0.378 e. The molecule has 2 saturated heterocycles. The highest BCUT2D eigenvalue weighted by atomic mass is 19.2. The Morgan fingerprint density at radius 3 is 2.91 bits per heavy atom. The maximum absolute atomic E-state index is 14.1. The first-order valence-corrected chi connectivity index (χ1v) is 7.80. The second-order valence-corrected chi connectivity index (χ2v) is 6.30. The summed E-state index contributed by atoms with van der Waals surface area (Å²) in [6, 6.07) is 4.68. The molecule has 0 radical (unpaired) electrons. The van der Waals surface area contributed by atoms with E-state index in [1.165, 1.54) is 0 Å². The average molecular weight is 320 g/mol. The van der Waals surface area contributed by atoms with Crippen molar-refractivity contribution >= 4 is 16.6 Å². The number of rotatable bonds is 1. The third kappa shape index (κ3) is 2.46. The molecular formula is C17H18F2N2O2. The smallest absolute Gasteiger partial charge is 0.185 e. The van der Waals surface area contributed by atoms with E-state index in [0.29, 0.717) is 44.0 Å². The first-order chi connectivity index (χ1) is 11.1. The van der Waals surface area contributed by atoms with Gasteiger partial charge < -0.3 is 14.4 Å². The second-order valence-electron chi connectivity index (χ2n) is 6.30. The Bertz CT molecular complexity index is 760. The van der Waals surface area contributed by atoms with Gasteiger partial charge in [-0.15, -0.1) is 0 Å². The van der Waals surface area contributed by atoms with E-state index in [2.05, 4.69) is 9.88 Å². The van der Waals surface area contributed by atoms with Crippen molar-refractivity contribution < 1.29 is 18.3 Å². The third-order valence-corrected chi connectivity index (χ3v) is 4.64. The van der Waals surface area contributed by atoms with E-state index in [0.717, 1.165) is 18.2 Å².